The summed E-state index contributed by atoms with van der Waals surface area (Å²) in [5, 5.41) is 15.1. The number of rotatable bonds is 17. The quantitative estimate of drug-likeness (QED) is 0.0951. The summed E-state index contributed by atoms with van der Waals surface area (Å²) in [6, 6.07) is 34.0. The number of ether oxygens (including phenoxy) is 9. The first-order valence-electron chi connectivity index (χ1n) is 21.9. The lowest BCUT2D eigenvalue weighted by atomic mass is 9.94. The normalized spacial score (nSPS) is 24.2. The van der Waals surface area contributed by atoms with Crippen molar-refractivity contribution >= 4 is 52.3 Å². The van der Waals surface area contributed by atoms with E-state index in [4.69, 9.17) is 42.6 Å². The summed E-state index contributed by atoms with van der Waals surface area (Å²) in [7, 11) is 1.01. The Labute approximate surface area is 395 Å². The van der Waals surface area contributed by atoms with Gasteiger partial charge >= 0.3 is 29.8 Å². The second-order valence-corrected chi connectivity index (χ2v) is 16.0. The number of methoxy groups -OCH3 is 1. The Balaban J connectivity index is 1.38. The summed E-state index contributed by atoms with van der Waals surface area (Å²) in [6.07, 6.45) is -17.1. The highest BCUT2D eigenvalue weighted by molar-refractivity contribution is 5.91. The number of ketones is 1. The molecule has 69 heavy (non-hydrogen) atoms. The number of fused-ring (bicyclic) bond motifs is 1. The Bertz CT molecular complexity index is 2610. The fourth-order valence-corrected chi connectivity index (χ4v) is 7.82. The molecular weight excluding hydrogens is 899 g/mol. The summed E-state index contributed by atoms with van der Waals surface area (Å²) < 4.78 is 55.0. The molecule has 0 aliphatic carbocycles. The van der Waals surface area contributed by atoms with Gasteiger partial charge in [0, 0.05) is 18.7 Å². The number of benzene rings is 5. The van der Waals surface area contributed by atoms with E-state index in [0.717, 1.165) is 12.5 Å². The average Bonchev–Trinajstić information content (AvgIpc) is 3.36. The SMILES string of the molecule is COC(=O)[C@H]1O[C@@H](O[C@@H]2[C@@H](NC(C)=O)[C@H](Oc3cccc4ccccc34)O[C@H](CO)[C@@H]2OC(=O)c2ccccc2)[C@H](OC(=O)c2ccccc2)[C@@H](OC(=O)c2ccccc2)[C@@H]1OC(=O)CCC(C)=O. The van der Waals surface area contributed by atoms with Gasteiger partial charge in [-0.15, -0.1) is 0 Å². The molecule has 0 radical (unpaired) electrons. The summed E-state index contributed by atoms with van der Waals surface area (Å²) in [5.74, 6) is -5.91. The smallest absolute Gasteiger partial charge is 0.339 e. The molecule has 18 heteroatoms. The molecule has 10 atom stereocenters. The Kier molecular flexibility index (Phi) is 16.5. The van der Waals surface area contributed by atoms with E-state index in [2.05, 4.69) is 5.32 Å². The van der Waals surface area contributed by atoms with Gasteiger partial charge in [0.15, 0.2) is 36.8 Å². The zero-order valence-electron chi connectivity index (χ0n) is 37.6. The van der Waals surface area contributed by atoms with Gasteiger partial charge in [0.2, 0.25) is 12.2 Å². The van der Waals surface area contributed by atoms with Gasteiger partial charge in [-0.2, -0.15) is 0 Å². The molecule has 2 N–H and O–H groups in total. The van der Waals surface area contributed by atoms with E-state index in [0.29, 0.717) is 5.39 Å². The highest BCUT2D eigenvalue weighted by atomic mass is 16.8. The van der Waals surface area contributed by atoms with Crippen molar-refractivity contribution in [1.82, 2.24) is 5.32 Å². The van der Waals surface area contributed by atoms with Gasteiger partial charge in [0.1, 0.15) is 29.8 Å². The first kappa shape index (κ1) is 49.4. The van der Waals surface area contributed by atoms with Crippen LogP contribution < -0.4 is 10.1 Å². The van der Waals surface area contributed by atoms with Gasteiger partial charge in [-0.3, -0.25) is 9.59 Å². The minimum absolute atomic E-state index is 0.00441. The third-order valence-electron chi connectivity index (χ3n) is 11.1. The van der Waals surface area contributed by atoms with Crippen LogP contribution in [0.15, 0.2) is 133 Å². The van der Waals surface area contributed by atoms with E-state index >= 15 is 0 Å². The maximum absolute atomic E-state index is 14.2. The minimum atomic E-state index is -2.07. The van der Waals surface area contributed by atoms with Gasteiger partial charge in [0.25, 0.3) is 0 Å². The van der Waals surface area contributed by atoms with E-state index in [1.807, 2.05) is 18.2 Å². The van der Waals surface area contributed by atoms with E-state index in [9.17, 15) is 38.7 Å². The van der Waals surface area contributed by atoms with Crippen LogP contribution in [0.4, 0.5) is 0 Å². The highest BCUT2D eigenvalue weighted by Gasteiger charge is 2.59. The molecule has 5 aromatic rings. The average molecular weight is 948 g/mol. The topological polar surface area (TPSA) is 235 Å². The largest absolute Gasteiger partial charge is 0.467 e. The lowest BCUT2D eigenvalue weighted by Gasteiger charge is -2.49. The van der Waals surface area contributed by atoms with Crippen molar-refractivity contribution in [2.24, 2.45) is 0 Å². The molecule has 0 aromatic heterocycles. The van der Waals surface area contributed by atoms with Crippen LogP contribution in [0.1, 0.15) is 57.8 Å². The molecule has 0 saturated carbocycles. The van der Waals surface area contributed by atoms with Crippen molar-refractivity contribution < 1.29 is 81.3 Å². The van der Waals surface area contributed by atoms with Gasteiger partial charge in [-0.1, -0.05) is 91.0 Å². The fourth-order valence-electron chi connectivity index (χ4n) is 7.82. The number of aliphatic hydroxyl groups is 1. The first-order valence-corrected chi connectivity index (χ1v) is 21.9. The highest BCUT2D eigenvalue weighted by Crippen LogP contribution is 2.37. The molecule has 2 aliphatic heterocycles. The second kappa shape index (κ2) is 23.0. The van der Waals surface area contributed by atoms with Crippen LogP contribution in [0.25, 0.3) is 10.8 Å². The molecule has 7 rings (SSSR count). The van der Waals surface area contributed by atoms with Crippen molar-refractivity contribution in [1.29, 1.82) is 0 Å². The third-order valence-corrected chi connectivity index (χ3v) is 11.1. The standard InChI is InChI=1S/C51H49NO17/c1-29(54)26-27-38(56)64-42-43(66-47(58)33-19-9-5-10-20-33)45(67-48(59)34-21-11-6-12-22-34)51(69-44(42)49(60)61-3)68-41-39(52-30(2)55)50(62-36-25-15-23-31-16-13-14-24-35(31)36)63-37(28-53)40(41)65-46(57)32-17-7-4-8-18-32/h4-25,37,39-45,50-51,53H,26-28H2,1-3H3,(H,52,55)/t37-,39-,40+,41-,42+,43+,44+,45-,50-,51-/m1/s1. The fraction of sp³-hybridized carbons (Fsp3) is 0.314. The number of carbonyl (C=O) groups excluding carboxylic acids is 7. The molecular formula is C51H49NO17. The maximum atomic E-state index is 14.2. The zero-order chi connectivity index (χ0) is 49.0. The Morgan fingerprint density at radius 1 is 0.565 bits per heavy atom. The number of esters is 5. The predicted octanol–water partition coefficient (Wildman–Crippen LogP) is 4.68. The van der Waals surface area contributed by atoms with Gasteiger partial charge in [-0.25, -0.2) is 19.2 Å². The van der Waals surface area contributed by atoms with Crippen molar-refractivity contribution in [2.75, 3.05) is 13.7 Å². The van der Waals surface area contributed by atoms with Crippen LogP contribution in [0.3, 0.4) is 0 Å². The number of amides is 1. The number of carbonyl (C=O) groups is 7. The number of hydrogen-bond acceptors (Lipinski definition) is 17. The van der Waals surface area contributed by atoms with Gasteiger partial charge in [-0.05, 0) is 54.8 Å². The molecule has 5 aromatic carbocycles. The van der Waals surface area contributed by atoms with Crippen LogP contribution >= 0.6 is 0 Å². The molecule has 0 bridgehead atoms. The molecule has 2 fully saturated rings. The monoisotopic (exact) mass is 947 g/mol. The van der Waals surface area contributed by atoms with Crippen LogP contribution in [0, 0.1) is 0 Å². The molecule has 0 unspecified atom stereocenters. The molecule has 2 heterocycles. The van der Waals surface area contributed by atoms with Crippen molar-refractivity contribution in [2.45, 2.75) is 88.0 Å². The summed E-state index contributed by atoms with van der Waals surface area (Å²) in [5.41, 5.74) is 0.0677. The van der Waals surface area contributed by atoms with E-state index in [1.165, 1.54) is 50.2 Å². The Morgan fingerprint density at radius 3 is 1.65 bits per heavy atom. The molecule has 1 amide bonds. The second-order valence-electron chi connectivity index (χ2n) is 16.0. The lowest BCUT2D eigenvalue weighted by Crippen LogP contribution is -2.70. The number of hydrogen-bond donors (Lipinski definition) is 2. The van der Waals surface area contributed by atoms with Gasteiger partial charge < -0.3 is 57.8 Å². The Morgan fingerprint density at radius 2 is 1.10 bits per heavy atom. The summed E-state index contributed by atoms with van der Waals surface area (Å²) >= 11 is 0. The van der Waals surface area contributed by atoms with Crippen LogP contribution in [0.2, 0.25) is 0 Å². The van der Waals surface area contributed by atoms with Crippen molar-refractivity contribution in [3.05, 3.63) is 150 Å². The Hall–Kier alpha value is -7.51. The van der Waals surface area contributed by atoms with E-state index in [1.54, 1.807) is 78.9 Å². The first-order chi connectivity index (χ1) is 33.3. The predicted molar refractivity (Wildman–Crippen MR) is 240 cm³/mol. The summed E-state index contributed by atoms with van der Waals surface area (Å²) in [4.78, 5) is 94.6. The van der Waals surface area contributed by atoms with Crippen molar-refractivity contribution in [3.8, 4) is 5.75 Å². The number of nitrogens with one attached hydrogen (secondary N) is 1. The van der Waals surface area contributed by atoms with E-state index in [-0.39, 0.29) is 34.6 Å². The molecule has 0 spiro atoms. The molecule has 2 saturated heterocycles. The summed E-state index contributed by atoms with van der Waals surface area (Å²) in [6.45, 7) is 1.62. The van der Waals surface area contributed by atoms with Crippen molar-refractivity contribution in [3.63, 3.8) is 0 Å². The number of aliphatic hydroxyl groups excluding tert-OH is 1. The third kappa shape index (κ3) is 12.2. The molecule has 18 nitrogen and oxygen atoms in total. The van der Waals surface area contributed by atoms with Gasteiger partial charge in [0.05, 0.1) is 36.8 Å². The molecule has 360 valence electrons. The van der Waals surface area contributed by atoms with Crippen LogP contribution in [-0.4, -0.2) is 122 Å². The number of Topliss-reactive ketones (excluding diaryl/α,β-unsaturated/α-hetero) is 1. The zero-order valence-corrected chi connectivity index (χ0v) is 37.6. The minimum Gasteiger partial charge on any atom is -0.467 e. The van der Waals surface area contributed by atoms with Crippen LogP contribution in [-0.2, 0) is 57.1 Å². The van der Waals surface area contributed by atoms with E-state index < -0.39 is 110 Å². The maximum Gasteiger partial charge on any atom is 0.339 e. The lowest BCUT2D eigenvalue weighted by molar-refractivity contribution is -0.333. The molecule has 2 aliphatic rings. The van der Waals surface area contributed by atoms with Crippen LogP contribution in [0.5, 0.6) is 5.75 Å².